The minimum absolute atomic E-state index is 0. The topological polar surface area (TPSA) is 23.1 Å². The van der Waals surface area contributed by atoms with E-state index in [9.17, 15) is 0 Å². The molecule has 6 heteroatoms. The van der Waals surface area contributed by atoms with Gasteiger partial charge in [0.15, 0.2) is 0 Å². The van der Waals surface area contributed by atoms with Gasteiger partial charge in [-0.05, 0) is 0 Å². The summed E-state index contributed by atoms with van der Waals surface area (Å²) >= 11 is 3.39. The molecule has 0 aromatic heterocycles. The Hall–Kier alpha value is 3.33. The van der Waals surface area contributed by atoms with Gasteiger partial charge in [-0.25, -0.2) is 11.9 Å². The Kier molecular flexibility index (Phi) is 232. The second kappa shape index (κ2) is 40.3. The fourth-order valence-electron chi connectivity index (χ4n) is 0. The summed E-state index contributed by atoms with van der Waals surface area (Å²) in [5, 5.41) is 0. The van der Waals surface area contributed by atoms with Crippen LogP contribution in [0.1, 0.15) is 0 Å². The van der Waals surface area contributed by atoms with Gasteiger partial charge in [-0.2, -0.15) is 0 Å². The molecule has 0 radical (unpaired) electrons. The van der Waals surface area contributed by atoms with Crippen LogP contribution >= 0.6 is 11.9 Å². The molecule has 0 aliphatic rings. The Morgan fingerprint density at radius 3 is 1.00 bits per heavy atom. The van der Waals surface area contributed by atoms with E-state index in [4.69, 9.17) is 4.66 Å². The van der Waals surface area contributed by atoms with Crippen LogP contribution in [0.2, 0.25) is 0 Å². The van der Waals surface area contributed by atoms with Crippen LogP contribution in [0.5, 0.6) is 0 Å². The SMILES string of the molecule is [Ca+2].[Cl-].[MgH2].[MgH2].[O-]Cl. The predicted molar refractivity (Wildman–Crippen MR) is 28.7 cm³/mol. The van der Waals surface area contributed by atoms with Gasteiger partial charge in [0.2, 0.25) is 0 Å². The van der Waals surface area contributed by atoms with Crippen molar-refractivity contribution in [3.8, 4) is 0 Å². The molecule has 0 heterocycles. The van der Waals surface area contributed by atoms with E-state index in [1.807, 2.05) is 0 Å². The molecule has 30 valence electrons. The van der Waals surface area contributed by atoms with Gasteiger partial charge in [0.1, 0.15) is 0 Å². The van der Waals surface area contributed by atoms with Crippen molar-refractivity contribution in [2.24, 2.45) is 0 Å². The van der Waals surface area contributed by atoms with E-state index in [0.717, 1.165) is 0 Å². The first-order valence-electron chi connectivity index (χ1n) is 0.154. The van der Waals surface area contributed by atoms with E-state index >= 15 is 0 Å². The summed E-state index contributed by atoms with van der Waals surface area (Å²) in [6, 6.07) is 0. The molecule has 1 nitrogen and oxygen atoms in total. The van der Waals surface area contributed by atoms with E-state index in [0.29, 0.717) is 0 Å². The van der Waals surface area contributed by atoms with E-state index < -0.39 is 0 Å². The average molecular weight is 180 g/mol. The number of halogens is 2. The smallest absolute Gasteiger partial charge is 1.00 e. The van der Waals surface area contributed by atoms with Gasteiger partial charge < -0.3 is 17.1 Å². The Morgan fingerprint density at radius 2 is 1.00 bits per heavy atom. The summed E-state index contributed by atoms with van der Waals surface area (Å²) in [6.07, 6.45) is 0. The van der Waals surface area contributed by atoms with Crippen molar-refractivity contribution in [1.82, 2.24) is 0 Å². The van der Waals surface area contributed by atoms with Crippen molar-refractivity contribution in [2.45, 2.75) is 0 Å². The first kappa shape index (κ1) is 34.5. The largest absolute Gasteiger partial charge is 2.00 e. The van der Waals surface area contributed by atoms with Crippen LogP contribution in [0.3, 0.4) is 0 Å². The molecule has 0 bridgehead atoms. The van der Waals surface area contributed by atoms with Crippen molar-refractivity contribution < 1.29 is 17.1 Å². The van der Waals surface area contributed by atoms with Gasteiger partial charge in [0.25, 0.3) is 0 Å². The maximum atomic E-state index is 7.72. The van der Waals surface area contributed by atoms with Gasteiger partial charge in [0.05, 0.1) is 0 Å². The van der Waals surface area contributed by atoms with Crippen molar-refractivity contribution in [3.63, 3.8) is 0 Å². The molecular weight excluding hydrogens is 176 g/mol. The third kappa shape index (κ3) is 26.5. The third-order valence-corrected chi connectivity index (χ3v) is 0. The van der Waals surface area contributed by atoms with Gasteiger partial charge in [0, 0.05) is 0 Å². The Bertz CT molecular complexity index is 11.5. The minimum Gasteiger partial charge on any atom is -1.00 e. The third-order valence-electron chi connectivity index (χ3n) is 0. The fourth-order valence-corrected chi connectivity index (χ4v) is 0. The van der Waals surface area contributed by atoms with Gasteiger partial charge in [-0.15, -0.1) is 0 Å². The molecule has 0 amide bonds. The number of hydrogen-bond donors (Lipinski definition) is 0. The number of rotatable bonds is 0. The second-order valence-electron chi connectivity index (χ2n) is 0. The maximum Gasteiger partial charge on any atom is 2.00 e. The van der Waals surface area contributed by atoms with Gasteiger partial charge in [-0.3, -0.25) is 0 Å². The molecule has 0 spiro atoms. The van der Waals surface area contributed by atoms with Crippen LogP contribution in [0.4, 0.5) is 0 Å². The summed E-state index contributed by atoms with van der Waals surface area (Å²) in [7, 11) is 0. The molecule has 0 atom stereocenters. The average Bonchev–Trinajstić information content (AvgIpc) is 1.00. The zero-order valence-electron chi connectivity index (χ0n) is 1.87. The first-order valence-corrected chi connectivity index (χ1v) is 0.463. The predicted octanol–water partition coefficient (Wildman–Crippen LogP) is -5.71. The molecule has 0 aromatic carbocycles. The fraction of sp³-hybridized carbons (Fsp3) is 0. The quantitative estimate of drug-likeness (QED) is 0.340. The first-order chi connectivity index (χ1) is 1.00. The molecule has 0 unspecified atom stereocenters. The zero-order valence-corrected chi connectivity index (χ0v) is 5.59. The Labute approximate surface area is 110 Å². The van der Waals surface area contributed by atoms with Crippen LogP contribution in [-0.4, -0.2) is 83.8 Å². The molecular formula is H4CaCl2Mg2O. The van der Waals surface area contributed by atoms with Crippen molar-refractivity contribution in [1.29, 1.82) is 0 Å². The van der Waals surface area contributed by atoms with E-state index in [2.05, 4.69) is 11.9 Å². The summed E-state index contributed by atoms with van der Waals surface area (Å²) < 4.78 is 7.72. The van der Waals surface area contributed by atoms with Crippen LogP contribution in [0, 0.1) is 0 Å². The summed E-state index contributed by atoms with van der Waals surface area (Å²) in [6.45, 7) is 0. The normalized spacial score (nSPS) is 1.00. The molecule has 0 aliphatic heterocycles. The zero-order chi connectivity index (χ0) is 2.00. The number of hydrogen-bond acceptors (Lipinski definition) is 1. The monoisotopic (exact) mass is 178 g/mol. The molecule has 0 N–H and O–H groups in total. The Balaban J connectivity index is -0.000000000833. The van der Waals surface area contributed by atoms with Crippen LogP contribution < -0.4 is 17.1 Å². The molecule has 0 rings (SSSR count). The molecule has 0 aliphatic carbocycles. The molecule has 0 saturated carbocycles. The van der Waals surface area contributed by atoms with Crippen molar-refractivity contribution in [3.05, 3.63) is 0 Å². The minimum atomic E-state index is 0. The molecule has 0 aromatic rings. The molecule has 0 fully saturated rings. The van der Waals surface area contributed by atoms with Crippen LogP contribution in [-0.2, 0) is 0 Å². The summed E-state index contributed by atoms with van der Waals surface area (Å²) in [5.41, 5.74) is 0. The maximum absolute atomic E-state index is 7.72. The van der Waals surface area contributed by atoms with E-state index in [-0.39, 0.29) is 96.3 Å². The van der Waals surface area contributed by atoms with E-state index in [1.165, 1.54) is 0 Å². The molecule has 0 saturated heterocycles. The second-order valence-corrected chi connectivity index (χ2v) is 0. The van der Waals surface area contributed by atoms with Crippen LogP contribution in [0.25, 0.3) is 0 Å². The summed E-state index contributed by atoms with van der Waals surface area (Å²) in [4.78, 5) is 0. The van der Waals surface area contributed by atoms with Gasteiger partial charge in [-0.1, -0.05) is 0 Å². The van der Waals surface area contributed by atoms with Gasteiger partial charge >= 0.3 is 83.8 Å². The Morgan fingerprint density at radius 1 is 1.00 bits per heavy atom. The van der Waals surface area contributed by atoms with Crippen molar-refractivity contribution in [2.75, 3.05) is 0 Å². The van der Waals surface area contributed by atoms with E-state index in [1.54, 1.807) is 0 Å². The summed E-state index contributed by atoms with van der Waals surface area (Å²) in [5.74, 6) is 0. The molecule has 6 heavy (non-hydrogen) atoms. The van der Waals surface area contributed by atoms with Crippen LogP contribution in [0.15, 0.2) is 0 Å². The van der Waals surface area contributed by atoms with Crippen molar-refractivity contribution >= 4 is 95.7 Å². The standard InChI is InChI=1S/Ca.ClO.ClH.2Mg.4H/c;1-2;;;;;;;/h;;1H;;;;;;/q+2;-1;;;;;;;/p-1.